The number of nitrogens with two attached hydrogens (primary N) is 1. The second kappa shape index (κ2) is 6.69. The lowest BCUT2D eigenvalue weighted by Gasteiger charge is -2.22. The summed E-state index contributed by atoms with van der Waals surface area (Å²) in [5, 5.41) is 0. The van der Waals surface area contributed by atoms with E-state index in [1.54, 1.807) is 0 Å². The molecule has 120 valence electrons. The third-order valence-electron chi connectivity index (χ3n) is 3.39. The van der Waals surface area contributed by atoms with Gasteiger partial charge in [0, 0.05) is 0 Å². The first-order valence-electron chi connectivity index (χ1n) is 7.11. The lowest BCUT2D eigenvalue weighted by Crippen LogP contribution is -2.19. The highest BCUT2D eigenvalue weighted by atomic mass is 19.4. The standard InChI is InChI=1S/C16H24F3NO/c1-11(10-20)5-6-12-7-13(15(2,3)4)9-14(8-12)21-16(17,18)19/h7-9,11H,5-6,10,20H2,1-4H3/t11-/m1/s1. The Morgan fingerprint density at radius 1 is 1.14 bits per heavy atom. The molecule has 0 saturated carbocycles. The highest BCUT2D eigenvalue weighted by Gasteiger charge is 2.31. The molecule has 0 aromatic heterocycles. The van der Waals surface area contributed by atoms with Crippen LogP contribution in [0.5, 0.6) is 5.75 Å². The molecule has 0 spiro atoms. The summed E-state index contributed by atoms with van der Waals surface area (Å²) in [5.74, 6) is 0.195. The second-order valence-electron chi connectivity index (χ2n) is 6.54. The van der Waals surface area contributed by atoms with Crippen LogP contribution in [-0.2, 0) is 11.8 Å². The van der Waals surface area contributed by atoms with Gasteiger partial charge in [-0.15, -0.1) is 13.2 Å². The number of alkyl halides is 3. The predicted octanol–water partition coefficient (Wildman–Crippen LogP) is 4.41. The van der Waals surface area contributed by atoms with E-state index in [0.29, 0.717) is 18.9 Å². The number of hydrogen-bond donors (Lipinski definition) is 1. The Bertz CT molecular complexity index is 464. The quantitative estimate of drug-likeness (QED) is 0.874. The lowest BCUT2D eigenvalue weighted by molar-refractivity contribution is -0.274. The van der Waals surface area contributed by atoms with Crippen LogP contribution in [0.25, 0.3) is 0 Å². The first-order chi connectivity index (χ1) is 9.51. The highest BCUT2D eigenvalue weighted by molar-refractivity contribution is 5.38. The Morgan fingerprint density at radius 2 is 1.76 bits per heavy atom. The summed E-state index contributed by atoms with van der Waals surface area (Å²) >= 11 is 0. The minimum Gasteiger partial charge on any atom is -0.406 e. The zero-order valence-corrected chi connectivity index (χ0v) is 13.1. The van der Waals surface area contributed by atoms with E-state index >= 15 is 0 Å². The Hall–Kier alpha value is -1.23. The molecule has 1 rings (SSSR count). The monoisotopic (exact) mass is 303 g/mol. The maximum absolute atomic E-state index is 12.4. The van der Waals surface area contributed by atoms with Gasteiger partial charge in [-0.25, -0.2) is 0 Å². The Labute approximate surface area is 124 Å². The molecule has 2 nitrogen and oxygen atoms in total. The van der Waals surface area contributed by atoms with Gasteiger partial charge in [-0.3, -0.25) is 0 Å². The van der Waals surface area contributed by atoms with Gasteiger partial charge in [-0.05, 0) is 54.0 Å². The van der Waals surface area contributed by atoms with Gasteiger partial charge in [0.1, 0.15) is 5.75 Å². The third kappa shape index (κ3) is 6.38. The molecule has 0 saturated heterocycles. The fraction of sp³-hybridized carbons (Fsp3) is 0.625. The molecule has 0 amide bonds. The molecule has 0 aliphatic heterocycles. The van der Waals surface area contributed by atoms with Gasteiger partial charge in [0.25, 0.3) is 0 Å². The van der Waals surface area contributed by atoms with Crippen molar-refractivity contribution < 1.29 is 17.9 Å². The molecule has 0 fully saturated rings. The predicted molar refractivity (Wildman–Crippen MR) is 78.4 cm³/mol. The average molecular weight is 303 g/mol. The van der Waals surface area contributed by atoms with Crippen LogP contribution >= 0.6 is 0 Å². The smallest absolute Gasteiger partial charge is 0.406 e. The van der Waals surface area contributed by atoms with Crippen molar-refractivity contribution in [3.8, 4) is 5.75 Å². The summed E-state index contributed by atoms with van der Waals surface area (Å²) in [6, 6.07) is 4.88. The molecular formula is C16H24F3NO. The molecule has 0 bridgehead atoms. The third-order valence-corrected chi connectivity index (χ3v) is 3.39. The molecule has 5 heteroatoms. The summed E-state index contributed by atoms with van der Waals surface area (Å²) in [5.41, 5.74) is 7.02. The average Bonchev–Trinajstić information content (AvgIpc) is 2.32. The summed E-state index contributed by atoms with van der Waals surface area (Å²) in [6.45, 7) is 8.50. The molecule has 0 aliphatic rings. The van der Waals surface area contributed by atoms with Gasteiger partial charge >= 0.3 is 6.36 Å². The maximum atomic E-state index is 12.4. The summed E-state index contributed by atoms with van der Waals surface area (Å²) in [7, 11) is 0. The van der Waals surface area contributed by atoms with E-state index in [9.17, 15) is 13.2 Å². The van der Waals surface area contributed by atoms with Crippen LogP contribution in [-0.4, -0.2) is 12.9 Å². The minimum absolute atomic E-state index is 0.148. The van der Waals surface area contributed by atoms with Crippen molar-refractivity contribution >= 4 is 0 Å². The van der Waals surface area contributed by atoms with E-state index in [-0.39, 0.29) is 11.2 Å². The van der Waals surface area contributed by atoms with E-state index in [2.05, 4.69) is 4.74 Å². The molecule has 0 heterocycles. The number of aryl methyl sites for hydroxylation is 1. The Morgan fingerprint density at radius 3 is 2.24 bits per heavy atom. The lowest BCUT2D eigenvalue weighted by atomic mass is 9.85. The molecule has 0 unspecified atom stereocenters. The van der Waals surface area contributed by atoms with E-state index in [0.717, 1.165) is 17.5 Å². The zero-order valence-electron chi connectivity index (χ0n) is 13.1. The van der Waals surface area contributed by atoms with Crippen LogP contribution < -0.4 is 10.5 Å². The second-order valence-corrected chi connectivity index (χ2v) is 6.54. The molecule has 2 N–H and O–H groups in total. The minimum atomic E-state index is -4.67. The molecule has 0 aliphatic carbocycles. The Balaban J connectivity index is 3.04. The van der Waals surface area contributed by atoms with Crippen LogP contribution in [0, 0.1) is 5.92 Å². The molecular weight excluding hydrogens is 279 g/mol. The van der Waals surface area contributed by atoms with Crippen molar-refractivity contribution in [1.29, 1.82) is 0 Å². The van der Waals surface area contributed by atoms with Crippen LogP contribution in [0.1, 0.15) is 45.2 Å². The van der Waals surface area contributed by atoms with Gasteiger partial charge in [0.15, 0.2) is 0 Å². The van der Waals surface area contributed by atoms with Gasteiger partial charge < -0.3 is 10.5 Å². The van der Waals surface area contributed by atoms with Crippen molar-refractivity contribution in [3.05, 3.63) is 29.3 Å². The Kier molecular flexibility index (Phi) is 5.68. The van der Waals surface area contributed by atoms with E-state index in [4.69, 9.17) is 5.73 Å². The molecule has 1 aromatic carbocycles. The highest BCUT2D eigenvalue weighted by Crippen LogP contribution is 2.31. The first kappa shape index (κ1) is 17.8. The molecule has 21 heavy (non-hydrogen) atoms. The van der Waals surface area contributed by atoms with E-state index in [1.807, 2.05) is 33.8 Å². The van der Waals surface area contributed by atoms with Crippen molar-refractivity contribution in [2.75, 3.05) is 6.54 Å². The number of benzene rings is 1. The zero-order chi connectivity index (χ0) is 16.3. The number of halogens is 3. The van der Waals surface area contributed by atoms with Crippen LogP contribution in [0.4, 0.5) is 13.2 Å². The van der Waals surface area contributed by atoms with Crippen molar-refractivity contribution in [3.63, 3.8) is 0 Å². The number of hydrogen-bond acceptors (Lipinski definition) is 2. The number of rotatable bonds is 5. The van der Waals surface area contributed by atoms with E-state index < -0.39 is 6.36 Å². The van der Waals surface area contributed by atoms with Crippen LogP contribution in [0.3, 0.4) is 0 Å². The first-order valence-corrected chi connectivity index (χ1v) is 7.11. The fourth-order valence-corrected chi connectivity index (χ4v) is 1.96. The number of ether oxygens (including phenoxy) is 1. The summed E-state index contributed by atoms with van der Waals surface area (Å²) in [4.78, 5) is 0. The van der Waals surface area contributed by atoms with Crippen LogP contribution in [0.15, 0.2) is 18.2 Å². The SMILES string of the molecule is C[C@@H](CN)CCc1cc(OC(F)(F)F)cc(C(C)(C)C)c1. The van der Waals surface area contributed by atoms with E-state index in [1.165, 1.54) is 12.1 Å². The topological polar surface area (TPSA) is 35.2 Å². The van der Waals surface area contributed by atoms with Crippen molar-refractivity contribution in [1.82, 2.24) is 0 Å². The van der Waals surface area contributed by atoms with Crippen molar-refractivity contribution in [2.45, 2.75) is 52.3 Å². The van der Waals surface area contributed by atoms with Gasteiger partial charge in [-0.2, -0.15) is 0 Å². The van der Waals surface area contributed by atoms with Crippen LogP contribution in [0.2, 0.25) is 0 Å². The normalized spacial score (nSPS) is 14.1. The van der Waals surface area contributed by atoms with Gasteiger partial charge in [0.05, 0.1) is 0 Å². The molecule has 0 radical (unpaired) electrons. The summed E-state index contributed by atoms with van der Waals surface area (Å²) in [6.07, 6.45) is -3.13. The maximum Gasteiger partial charge on any atom is 0.573 e. The summed E-state index contributed by atoms with van der Waals surface area (Å²) < 4.78 is 41.4. The molecule has 1 atom stereocenters. The van der Waals surface area contributed by atoms with Gasteiger partial charge in [-0.1, -0.05) is 33.8 Å². The van der Waals surface area contributed by atoms with Gasteiger partial charge in [0.2, 0.25) is 0 Å². The largest absolute Gasteiger partial charge is 0.573 e. The molecule has 1 aromatic rings. The fourth-order valence-electron chi connectivity index (χ4n) is 1.96. The van der Waals surface area contributed by atoms with Crippen molar-refractivity contribution in [2.24, 2.45) is 11.7 Å².